The maximum Gasteiger partial charge on any atom is 0.225 e. The van der Waals surface area contributed by atoms with Crippen LogP contribution in [-0.2, 0) is 4.79 Å². The molecule has 9 heteroatoms. The van der Waals surface area contributed by atoms with Crippen LogP contribution in [0, 0.1) is 34.5 Å². The highest BCUT2D eigenvalue weighted by atomic mass is 35.5. The number of aromatic nitrogens is 2. The molecule has 5 rings (SSSR count). The van der Waals surface area contributed by atoms with Crippen LogP contribution >= 0.6 is 11.6 Å². The van der Waals surface area contributed by atoms with E-state index in [1.165, 1.54) is 5.56 Å². The predicted octanol–water partition coefficient (Wildman–Crippen LogP) is 5.22. The smallest absolute Gasteiger partial charge is 0.225 e. The van der Waals surface area contributed by atoms with Crippen LogP contribution in [0.1, 0.15) is 48.8 Å². The number of likely N-dealkylation sites (tertiary alicyclic amines) is 1. The number of hydrogen-bond donors (Lipinski definition) is 1. The van der Waals surface area contributed by atoms with Crippen molar-refractivity contribution in [2.75, 3.05) is 36.4 Å². The topological polar surface area (TPSA) is 109 Å². The minimum Gasteiger partial charge on any atom is -0.367 e. The number of nitrogens with one attached hydrogen (secondary N) is 1. The van der Waals surface area contributed by atoms with E-state index in [4.69, 9.17) is 22.1 Å². The second-order valence-electron chi connectivity index (χ2n) is 10.6. The third kappa shape index (κ3) is 6.19. The van der Waals surface area contributed by atoms with E-state index in [0.717, 1.165) is 50.5 Å². The first kappa shape index (κ1) is 27.4. The fourth-order valence-electron chi connectivity index (χ4n) is 5.97. The van der Waals surface area contributed by atoms with Crippen LogP contribution in [0.5, 0.6) is 0 Å². The molecule has 40 heavy (non-hydrogen) atoms. The van der Waals surface area contributed by atoms with Gasteiger partial charge in [-0.2, -0.15) is 10.5 Å². The van der Waals surface area contributed by atoms with Crippen molar-refractivity contribution in [3.05, 3.63) is 82.6 Å². The van der Waals surface area contributed by atoms with Gasteiger partial charge in [0.05, 0.1) is 11.1 Å². The first-order valence-corrected chi connectivity index (χ1v) is 14.1. The quantitative estimate of drug-likeness (QED) is 0.445. The standard InChI is InChI=1S/C31H32ClN7O/c1-21(37-29-8-2-22(16-33)18-35-29)27-12-15-39(20-28(27)24-4-6-26(32)7-5-24)31(40)25-10-13-38(14-11-25)30-9-3-23(17-34)19-36-30/h2-9,18-19,21,25,27-28H,10-15,20H2,1H3,(H,35,37). The number of hydrogen-bond acceptors (Lipinski definition) is 7. The number of nitrogens with zero attached hydrogens (tertiary/aromatic N) is 6. The Morgan fingerprint density at radius 3 is 2.23 bits per heavy atom. The molecule has 3 atom stereocenters. The lowest BCUT2D eigenvalue weighted by Crippen LogP contribution is -2.50. The molecular formula is C31H32ClN7O. The number of carbonyl (C=O) groups is 1. The van der Waals surface area contributed by atoms with Gasteiger partial charge in [-0.15, -0.1) is 0 Å². The lowest BCUT2D eigenvalue weighted by Gasteiger charge is -2.43. The van der Waals surface area contributed by atoms with E-state index in [0.29, 0.717) is 22.7 Å². The minimum atomic E-state index is -0.00422. The van der Waals surface area contributed by atoms with Crippen LogP contribution in [0.3, 0.4) is 0 Å². The van der Waals surface area contributed by atoms with Crippen LogP contribution in [0.25, 0.3) is 0 Å². The molecule has 1 aromatic carbocycles. The van der Waals surface area contributed by atoms with Gasteiger partial charge in [-0.3, -0.25) is 4.79 Å². The molecule has 0 bridgehead atoms. The zero-order valence-corrected chi connectivity index (χ0v) is 23.3. The Labute approximate surface area is 240 Å². The van der Waals surface area contributed by atoms with Crippen molar-refractivity contribution >= 4 is 29.1 Å². The Morgan fingerprint density at radius 2 is 1.62 bits per heavy atom. The third-order valence-electron chi connectivity index (χ3n) is 8.23. The summed E-state index contributed by atoms with van der Waals surface area (Å²) in [6.45, 7) is 5.08. The predicted molar refractivity (Wildman–Crippen MR) is 155 cm³/mol. The highest BCUT2D eigenvalue weighted by molar-refractivity contribution is 6.30. The Morgan fingerprint density at radius 1 is 0.950 bits per heavy atom. The number of amides is 1. The van der Waals surface area contributed by atoms with Crippen LogP contribution < -0.4 is 10.2 Å². The van der Waals surface area contributed by atoms with Gasteiger partial charge in [-0.1, -0.05) is 23.7 Å². The molecule has 0 radical (unpaired) electrons. The number of nitriles is 2. The molecular weight excluding hydrogens is 522 g/mol. The maximum atomic E-state index is 13.7. The van der Waals surface area contributed by atoms with Crippen LogP contribution in [0.4, 0.5) is 11.6 Å². The summed E-state index contributed by atoms with van der Waals surface area (Å²) < 4.78 is 0. The van der Waals surface area contributed by atoms with Crippen LogP contribution in [0.2, 0.25) is 5.02 Å². The van der Waals surface area contributed by atoms with Crippen molar-refractivity contribution in [2.24, 2.45) is 11.8 Å². The van der Waals surface area contributed by atoms with Gasteiger partial charge < -0.3 is 15.1 Å². The SMILES string of the molecule is CC(Nc1ccc(C#N)cn1)C1CCN(C(=O)C2CCN(c3ccc(C#N)cn3)CC2)CC1c1ccc(Cl)cc1. The molecule has 204 valence electrons. The number of carbonyl (C=O) groups excluding carboxylic acids is 1. The molecule has 4 heterocycles. The van der Waals surface area contributed by atoms with Gasteiger partial charge >= 0.3 is 0 Å². The molecule has 1 N–H and O–H groups in total. The van der Waals surface area contributed by atoms with Gasteiger partial charge in [0, 0.05) is 61.5 Å². The summed E-state index contributed by atoms with van der Waals surface area (Å²) in [5.41, 5.74) is 2.25. The van der Waals surface area contributed by atoms with E-state index in [1.807, 2.05) is 24.3 Å². The molecule has 3 aromatic rings. The molecule has 1 amide bonds. The molecule has 2 fully saturated rings. The normalized spacial score (nSPS) is 20.3. The monoisotopic (exact) mass is 553 g/mol. The zero-order valence-electron chi connectivity index (χ0n) is 22.5. The second kappa shape index (κ2) is 12.4. The summed E-state index contributed by atoms with van der Waals surface area (Å²) in [6, 6.07) is 19.6. The highest BCUT2D eigenvalue weighted by Gasteiger charge is 2.38. The van der Waals surface area contributed by atoms with Crippen LogP contribution in [-0.4, -0.2) is 53.0 Å². The molecule has 2 aromatic heterocycles. The van der Waals surface area contributed by atoms with Gasteiger partial charge in [0.15, 0.2) is 0 Å². The minimum absolute atomic E-state index is 0.00422. The lowest BCUT2D eigenvalue weighted by molar-refractivity contribution is -0.138. The number of halogens is 1. The summed E-state index contributed by atoms with van der Waals surface area (Å²) in [4.78, 5) is 26.8. The number of benzene rings is 1. The van der Waals surface area contributed by atoms with Gasteiger partial charge in [0.25, 0.3) is 0 Å². The average Bonchev–Trinajstić information content (AvgIpc) is 3.01. The number of pyridine rings is 2. The number of rotatable bonds is 6. The van der Waals surface area contributed by atoms with Gasteiger partial charge in [0.1, 0.15) is 23.8 Å². The third-order valence-corrected chi connectivity index (χ3v) is 8.48. The molecule has 2 aliphatic rings. The molecule has 0 saturated carbocycles. The van der Waals surface area contributed by atoms with E-state index in [1.54, 1.807) is 24.5 Å². The second-order valence-corrected chi connectivity index (χ2v) is 11.1. The fourth-order valence-corrected chi connectivity index (χ4v) is 6.10. The Balaban J connectivity index is 1.25. The maximum absolute atomic E-state index is 13.7. The summed E-state index contributed by atoms with van der Waals surface area (Å²) in [5.74, 6) is 2.26. The average molecular weight is 554 g/mol. The first-order chi connectivity index (χ1) is 19.4. The van der Waals surface area contributed by atoms with Crippen molar-refractivity contribution in [2.45, 2.75) is 38.1 Å². The van der Waals surface area contributed by atoms with Gasteiger partial charge in [0.2, 0.25) is 5.91 Å². The summed E-state index contributed by atoms with van der Waals surface area (Å²) in [7, 11) is 0. The van der Waals surface area contributed by atoms with Crippen molar-refractivity contribution < 1.29 is 4.79 Å². The summed E-state index contributed by atoms with van der Waals surface area (Å²) in [5, 5.41) is 22.3. The van der Waals surface area contributed by atoms with Crippen molar-refractivity contribution in [3.63, 3.8) is 0 Å². The Bertz CT molecular complexity index is 1390. The van der Waals surface area contributed by atoms with E-state index >= 15 is 0 Å². The lowest BCUT2D eigenvalue weighted by atomic mass is 9.76. The molecule has 0 spiro atoms. The summed E-state index contributed by atoms with van der Waals surface area (Å²) >= 11 is 6.20. The van der Waals surface area contributed by atoms with E-state index in [-0.39, 0.29) is 29.7 Å². The number of piperidine rings is 2. The zero-order chi connectivity index (χ0) is 28.1. The Hall–Kier alpha value is -4.14. The largest absolute Gasteiger partial charge is 0.367 e. The van der Waals surface area contributed by atoms with Gasteiger partial charge in [-0.05, 0) is 74.1 Å². The molecule has 2 aliphatic heterocycles. The molecule has 8 nitrogen and oxygen atoms in total. The summed E-state index contributed by atoms with van der Waals surface area (Å²) in [6.07, 6.45) is 5.62. The number of anilines is 2. The van der Waals surface area contributed by atoms with E-state index in [2.05, 4.69) is 56.3 Å². The molecule has 2 saturated heterocycles. The van der Waals surface area contributed by atoms with Crippen molar-refractivity contribution in [1.29, 1.82) is 10.5 Å². The highest BCUT2D eigenvalue weighted by Crippen LogP contribution is 2.37. The van der Waals surface area contributed by atoms with Crippen molar-refractivity contribution in [3.8, 4) is 12.1 Å². The van der Waals surface area contributed by atoms with Crippen molar-refractivity contribution in [1.82, 2.24) is 14.9 Å². The van der Waals surface area contributed by atoms with Crippen LogP contribution in [0.15, 0.2) is 60.9 Å². The fraction of sp³-hybridized carbons (Fsp3) is 0.387. The molecule has 0 aliphatic carbocycles. The van der Waals surface area contributed by atoms with E-state index in [9.17, 15) is 4.79 Å². The van der Waals surface area contributed by atoms with E-state index < -0.39 is 0 Å². The van der Waals surface area contributed by atoms with Gasteiger partial charge in [-0.25, -0.2) is 9.97 Å². The molecule has 3 unspecified atom stereocenters. The Kier molecular flexibility index (Phi) is 8.48. The first-order valence-electron chi connectivity index (χ1n) is 13.7.